The molecule has 0 bridgehead atoms. The summed E-state index contributed by atoms with van der Waals surface area (Å²) in [6.45, 7) is 16.5. The number of benzene rings is 3. The van der Waals surface area contributed by atoms with Crippen LogP contribution in [0.3, 0.4) is 0 Å². The Morgan fingerprint density at radius 1 is 0.667 bits per heavy atom. The monoisotopic (exact) mass is 412 g/mol. The van der Waals surface area contributed by atoms with Crippen molar-refractivity contribution in [1.29, 1.82) is 0 Å². The molecule has 3 aromatic carbocycles. The van der Waals surface area contributed by atoms with Crippen molar-refractivity contribution in [3.05, 3.63) is 76.9 Å². The van der Waals surface area contributed by atoms with E-state index in [9.17, 15) is 0 Å². The maximum absolute atomic E-state index is 2.49. The van der Waals surface area contributed by atoms with E-state index in [0.717, 1.165) is 0 Å². The average molecular weight is 412 g/mol. The third-order valence-electron chi connectivity index (χ3n) is 6.40. The highest BCUT2D eigenvalue weighted by Gasteiger charge is 2.35. The van der Waals surface area contributed by atoms with Crippen molar-refractivity contribution in [3.63, 3.8) is 0 Å². The molecular formula is C28H33BS. The van der Waals surface area contributed by atoms with Crippen molar-refractivity contribution in [2.45, 2.75) is 76.0 Å². The second-order valence-electron chi connectivity index (χ2n) is 9.69. The zero-order chi connectivity index (χ0) is 21.6. The lowest BCUT2D eigenvalue weighted by atomic mass is 9.34. The Bertz CT molecular complexity index is 1050. The van der Waals surface area contributed by atoms with Crippen LogP contribution in [0.2, 0.25) is 0 Å². The molecule has 0 unspecified atom stereocenters. The summed E-state index contributed by atoms with van der Waals surface area (Å²) < 4.78 is 0. The highest BCUT2D eigenvalue weighted by molar-refractivity contribution is 8.00. The van der Waals surface area contributed by atoms with Gasteiger partial charge in [0.25, 0.3) is 0 Å². The van der Waals surface area contributed by atoms with Crippen LogP contribution in [0.4, 0.5) is 0 Å². The molecule has 30 heavy (non-hydrogen) atoms. The van der Waals surface area contributed by atoms with Gasteiger partial charge in [-0.1, -0.05) is 118 Å². The number of fused-ring (bicyclic) bond motifs is 2. The van der Waals surface area contributed by atoms with Gasteiger partial charge in [0.1, 0.15) is 0 Å². The second kappa shape index (κ2) is 8.31. The Hall–Kier alpha value is -1.93. The summed E-state index contributed by atoms with van der Waals surface area (Å²) in [6.07, 6.45) is 0. The molecule has 0 amide bonds. The molecule has 0 radical (unpaired) electrons. The predicted molar refractivity (Wildman–Crippen MR) is 135 cm³/mol. The van der Waals surface area contributed by atoms with E-state index in [1.807, 2.05) is 11.8 Å². The average Bonchev–Trinajstić information content (AvgIpc) is 2.70. The van der Waals surface area contributed by atoms with Gasteiger partial charge >= 0.3 is 0 Å². The number of hydrogen-bond donors (Lipinski definition) is 0. The number of hydrogen-bond acceptors (Lipinski definition) is 1. The SMILES string of the molecule is Cc1ccc2c(c1)Sc1ccccc1B2c1c(C(C)C)cc(C(C)C)cc1C(C)C. The lowest BCUT2D eigenvalue weighted by molar-refractivity contribution is 0.812. The number of rotatable bonds is 4. The smallest absolute Gasteiger partial charge is 0.0912 e. The minimum absolute atomic E-state index is 0.300. The van der Waals surface area contributed by atoms with Crippen LogP contribution >= 0.6 is 11.8 Å². The van der Waals surface area contributed by atoms with Crippen molar-refractivity contribution in [2.75, 3.05) is 0 Å². The molecular weight excluding hydrogens is 379 g/mol. The Balaban J connectivity index is 2.08. The summed E-state index contributed by atoms with van der Waals surface area (Å²) in [6, 6.07) is 21.1. The summed E-state index contributed by atoms with van der Waals surface area (Å²) in [5.74, 6) is 1.52. The topological polar surface area (TPSA) is 0 Å². The maximum atomic E-state index is 2.49. The fourth-order valence-corrected chi connectivity index (χ4v) is 5.96. The minimum Gasteiger partial charge on any atom is -0.0912 e. The zero-order valence-electron chi connectivity index (χ0n) is 19.4. The third kappa shape index (κ3) is 3.76. The van der Waals surface area contributed by atoms with E-state index in [-0.39, 0.29) is 0 Å². The molecule has 0 aromatic heterocycles. The first-order chi connectivity index (χ1) is 14.3. The van der Waals surface area contributed by atoms with E-state index in [0.29, 0.717) is 24.5 Å². The van der Waals surface area contributed by atoms with Gasteiger partial charge in [0.15, 0.2) is 0 Å². The normalized spacial score (nSPS) is 13.2. The van der Waals surface area contributed by atoms with Crippen molar-refractivity contribution in [3.8, 4) is 0 Å². The van der Waals surface area contributed by atoms with Crippen molar-refractivity contribution in [2.24, 2.45) is 0 Å². The molecule has 2 heteroatoms. The number of aryl methyl sites for hydroxylation is 1. The van der Waals surface area contributed by atoms with E-state index < -0.39 is 0 Å². The summed E-state index contributed by atoms with van der Waals surface area (Å²) in [4.78, 5) is 2.81. The van der Waals surface area contributed by atoms with Crippen LogP contribution in [0, 0.1) is 6.92 Å². The van der Waals surface area contributed by atoms with Crippen LogP contribution in [0.5, 0.6) is 0 Å². The lowest BCUT2D eigenvalue weighted by Crippen LogP contribution is -2.57. The minimum atomic E-state index is 0.300. The van der Waals surface area contributed by atoms with Gasteiger partial charge in [-0.25, -0.2) is 0 Å². The fraction of sp³-hybridized carbons (Fsp3) is 0.357. The molecule has 0 N–H and O–H groups in total. The van der Waals surface area contributed by atoms with Crippen LogP contribution in [0.15, 0.2) is 64.4 Å². The third-order valence-corrected chi connectivity index (χ3v) is 7.56. The molecule has 0 aliphatic carbocycles. The summed E-state index contributed by atoms with van der Waals surface area (Å²) in [7, 11) is 0. The van der Waals surface area contributed by atoms with Crippen LogP contribution in [0.1, 0.15) is 81.5 Å². The van der Waals surface area contributed by atoms with E-state index >= 15 is 0 Å². The molecule has 0 fully saturated rings. The lowest BCUT2D eigenvalue weighted by Gasteiger charge is -2.32. The fourth-order valence-electron chi connectivity index (χ4n) is 4.72. The van der Waals surface area contributed by atoms with Crippen molar-refractivity contribution in [1.82, 2.24) is 0 Å². The van der Waals surface area contributed by atoms with E-state index in [1.165, 1.54) is 43.0 Å². The van der Waals surface area contributed by atoms with Gasteiger partial charge in [-0.05, 0) is 53.5 Å². The molecule has 1 heterocycles. The van der Waals surface area contributed by atoms with Crippen LogP contribution in [-0.2, 0) is 0 Å². The van der Waals surface area contributed by atoms with Gasteiger partial charge < -0.3 is 0 Å². The van der Waals surface area contributed by atoms with Gasteiger partial charge in [-0.3, -0.25) is 0 Å². The van der Waals surface area contributed by atoms with Crippen molar-refractivity contribution >= 4 is 34.9 Å². The first kappa shape index (κ1) is 21.3. The molecule has 154 valence electrons. The van der Waals surface area contributed by atoms with Crippen LogP contribution in [-0.4, -0.2) is 6.71 Å². The summed E-state index contributed by atoms with van der Waals surface area (Å²) in [5.41, 5.74) is 10.3. The molecule has 3 aromatic rings. The van der Waals surface area contributed by atoms with E-state index in [1.54, 1.807) is 5.46 Å². The van der Waals surface area contributed by atoms with Gasteiger partial charge in [-0.15, -0.1) is 0 Å². The summed E-state index contributed by atoms with van der Waals surface area (Å²) in [5, 5.41) is 0. The Morgan fingerprint density at radius 3 is 1.87 bits per heavy atom. The van der Waals surface area contributed by atoms with Gasteiger partial charge in [0.05, 0.1) is 0 Å². The van der Waals surface area contributed by atoms with Crippen LogP contribution in [0.25, 0.3) is 0 Å². The van der Waals surface area contributed by atoms with Crippen LogP contribution < -0.4 is 16.4 Å². The summed E-state index contributed by atoms with van der Waals surface area (Å²) >= 11 is 1.93. The highest BCUT2D eigenvalue weighted by Crippen LogP contribution is 2.33. The van der Waals surface area contributed by atoms with Gasteiger partial charge in [0, 0.05) is 9.79 Å². The van der Waals surface area contributed by atoms with Crippen molar-refractivity contribution < 1.29 is 0 Å². The molecule has 1 aliphatic heterocycles. The Morgan fingerprint density at radius 2 is 1.27 bits per heavy atom. The molecule has 0 atom stereocenters. The zero-order valence-corrected chi connectivity index (χ0v) is 20.2. The largest absolute Gasteiger partial charge is 0.244 e. The first-order valence-electron chi connectivity index (χ1n) is 11.3. The van der Waals surface area contributed by atoms with E-state index in [2.05, 4.69) is 103 Å². The standard InChI is InChI=1S/C28H33BS/c1-17(2)21-15-22(18(3)4)28(23(16-21)19(5)6)29-24-10-8-9-11-26(24)30-27-14-20(7)12-13-25(27)29/h8-19H,1-7H3. The van der Waals surface area contributed by atoms with Gasteiger partial charge in [0.2, 0.25) is 6.71 Å². The van der Waals surface area contributed by atoms with Gasteiger partial charge in [-0.2, -0.15) is 0 Å². The second-order valence-corrected chi connectivity index (χ2v) is 10.8. The molecule has 0 nitrogen and oxygen atoms in total. The predicted octanol–water partition coefficient (Wildman–Crippen LogP) is 6.35. The molecule has 0 saturated carbocycles. The molecule has 4 rings (SSSR count). The molecule has 0 spiro atoms. The molecule has 1 aliphatic rings. The van der Waals surface area contributed by atoms with E-state index in [4.69, 9.17) is 0 Å². The Kier molecular flexibility index (Phi) is 5.90. The molecule has 0 saturated heterocycles. The maximum Gasteiger partial charge on any atom is 0.244 e. The quantitative estimate of drug-likeness (QED) is 0.352. The first-order valence-corrected chi connectivity index (χ1v) is 12.1. The Labute approximate surface area is 187 Å². The highest BCUT2D eigenvalue weighted by atomic mass is 32.2.